The average Bonchev–Trinajstić information content (AvgIpc) is 2.81. The first kappa shape index (κ1) is 15.2. The van der Waals surface area contributed by atoms with Crippen molar-refractivity contribution in [1.29, 1.82) is 0 Å². The Bertz CT molecular complexity index is 577. The molecule has 0 saturated carbocycles. The Kier molecular flexibility index (Phi) is 4.91. The zero-order valence-corrected chi connectivity index (χ0v) is 13.5. The van der Waals surface area contributed by atoms with Crippen molar-refractivity contribution in [2.75, 3.05) is 13.6 Å². The van der Waals surface area contributed by atoms with E-state index in [0.29, 0.717) is 6.54 Å². The van der Waals surface area contributed by atoms with E-state index < -0.39 is 0 Å². The lowest BCUT2D eigenvalue weighted by molar-refractivity contribution is 0.242. The summed E-state index contributed by atoms with van der Waals surface area (Å²) in [6, 6.07) is 6.71. The van der Waals surface area contributed by atoms with E-state index in [2.05, 4.69) is 55.9 Å². The van der Waals surface area contributed by atoms with Crippen LogP contribution in [-0.2, 0) is 6.54 Å². The molecule has 4 heteroatoms. The van der Waals surface area contributed by atoms with Crippen LogP contribution in [0.4, 0.5) is 0 Å². The molecule has 0 saturated heterocycles. The van der Waals surface area contributed by atoms with Crippen LogP contribution in [0.25, 0.3) is 0 Å². The Morgan fingerprint density at radius 3 is 2.65 bits per heavy atom. The van der Waals surface area contributed by atoms with Gasteiger partial charge in [0.15, 0.2) is 0 Å². The smallest absolute Gasteiger partial charge is 0.0798 e. The first-order chi connectivity index (χ1) is 9.54. The van der Waals surface area contributed by atoms with Crippen LogP contribution >= 0.6 is 11.3 Å². The van der Waals surface area contributed by atoms with E-state index in [1.807, 2.05) is 5.51 Å². The second-order valence-electron chi connectivity index (χ2n) is 5.32. The fraction of sp³-hybridized carbons (Fsp3) is 0.438. The van der Waals surface area contributed by atoms with E-state index in [9.17, 15) is 0 Å². The molecule has 2 aromatic rings. The Labute approximate surface area is 125 Å². The summed E-state index contributed by atoms with van der Waals surface area (Å²) in [5, 5.41) is 0. The Balaban J connectivity index is 2.23. The topological polar surface area (TPSA) is 42.1 Å². The van der Waals surface area contributed by atoms with Gasteiger partial charge in [-0.15, -0.1) is 11.3 Å². The zero-order chi connectivity index (χ0) is 14.7. The number of nitrogens with zero attached hydrogens (tertiary/aromatic N) is 2. The van der Waals surface area contributed by atoms with Crippen LogP contribution < -0.4 is 5.73 Å². The molecular formula is C16H23N3S. The largest absolute Gasteiger partial charge is 0.329 e. The monoisotopic (exact) mass is 289 g/mol. The summed E-state index contributed by atoms with van der Waals surface area (Å²) in [6.45, 7) is 7.91. The molecule has 1 aromatic heterocycles. The molecule has 0 fully saturated rings. The lowest BCUT2D eigenvalue weighted by Crippen LogP contribution is -2.30. The summed E-state index contributed by atoms with van der Waals surface area (Å²) in [5.41, 5.74) is 13.1. The maximum atomic E-state index is 6.04. The minimum absolute atomic E-state index is 0.247. The first-order valence-corrected chi connectivity index (χ1v) is 7.78. The van der Waals surface area contributed by atoms with Gasteiger partial charge in [0.2, 0.25) is 0 Å². The molecule has 2 rings (SSSR count). The molecule has 1 aromatic carbocycles. The molecule has 0 aliphatic heterocycles. The molecule has 0 aliphatic carbocycles. The summed E-state index contributed by atoms with van der Waals surface area (Å²) in [7, 11) is 2.14. The number of rotatable bonds is 5. The first-order valence-electron chi connectivity index (χ1n) is 6.90. The number of nitrogens with two attached hydrogens (primary N) is 1. The molecule has 108 valence electrons. The van der Waals surface area contributed by atoms with Crippen molar-refractivity contribution < 1.29 is 0 Å². The molecule has 0 amide bonds. The third-order valence-electron chi connectivity index (χ3n) is 4.00. The number of benzene rings is 1. The molecule has 0 radical (unpaired) electrons. The van der Waals surface area contributed by atoms with Gasteiger partial charge in [-0.2, -0.15) is 0 Å². The lowest BCUT2D eigenvalue weighted by atomic mass is 9.96. The van der Waals surface area contributed by atoms with Crippen LogP contribution in [-0.4, -0.2) is 23.5 Å². The summed E-state index contributed by atoms with van der Waals surface area (Å²) in [5.74, 6) is 0. The molecule has 1 heterocycles. The van der Waals surface area contributed by atoms with E-state index in [1.165, 1.54) is 21.6 Å². The van der Waals surface area contributed by atoms with E-state index >= 15 is 0 Å². The average molecular weight is 289 g/mol. The van der Waals surface area contributed by atoms with E-state index in [1.54, 1.807) is 11.3 Å². The van der Waals surface area contributed by atoms with Gasteiger partial charge in [-0.1, -0.05) is 18.2 Å². The van der Waals surface area contributed by atoms with Crippen LogP contribution in [0.3, 0.4) is 0 Å². The third kappa shape index (κ3) is 3.08. The van der Waals surface area contributed by atoms with Gasteiger partial charge >= 0.3 is 0 Å². The molecule has 1 atom stereocenters. The fourth-order valence-electron chi connectivity index (χ4n) is 2.49. The molecule has 0 aliphatic rings. The summed E-state index contributed by atoms with van der Waals surface area (Å²) in [6.07, 6.45) is 0. The normalized spacial score (nSPS) is 12.9. The quantitative estimate of drug-likeness (QED) is 0.919. The number of hydrogen-bond acceptors (Lipinski definition) is 4. The Morgan fingerprint density at radius 2 is 2.05 bits per heavy atom. The maximum Gasteiger partial charge on any atom is 0.0798 e. The third-order valence-corrected chi connectivity index (χ3v) is 4.92. The molecular weight excluding hydrogens is 266 g/mol. The fourth-order valence-corrected chi connectivity index (χ4v) is 3.33. The van der Waals surface area contributed by atoms with Gasteiger partial charge in [0, 0.05) is 24.0 Å². The van der Waals surface area contributed by atoms with Crippen molar-refractivity contribution in [2.24, 2.45) is 5.73 Å². The minimum Gasteiger partial charge on any atom is -0.329 e. The van der Waals surface area contributed by atoms with Crippen LogP contribution in [0, 0.1) is 20.8 Å². The van der Waals surface area contributed by atoms with Gasteiger partial charge < -0.3 is 5.73 Å². The number of aryl methyl sites for hydroxylation is 2. The van der Waals surface area contributed by atoms with Gasteiger partial charge in [0.25, 0.3) is 0 Å². The summed E-state index contributed by atoms with van der Waals surface area (Å²) < 4.78 is 0. The molecule has 3 nitrogen and oxygen atoms in total. The molecule has 1 unspecified atom stereocenters. The van der Waals surface area contributed by atoms with Gasteiger partial charge in [-0.25, -0.2) is 4.98 Å². The van der Waals surface area contributed by atoms with Crippen molar-refractivity contribution in [2.45, 2.75) is 33.4 Å². The Hall–Kier alpha value is -1.23. The minimum atomic E-state index is 0.247. The van der Waals surface area contributed by atoms with Crippen LogP contribution in [0.2, 0.25) is 0 Å². The molecule has 0 spiro atoms. The van der Waals surface area contributed by atoms with Crippen molar-refractivity contribution in [3.8, 4) is 0 Å². The van der Waals surface area contributed by atoms with Crippen molar-refractivity contribution in [3.05, 3.63) is 51.0 Å². The van der Waals surface area contributed by atoms with Gasteiger partial charge in [0.1, 0.15) is 0 Å². The maximum absolute atomic E-state index is 6.04. The highest BCUT2D eigenvalue weighted by atomic mass is 32.1. The highest BCUT2D eigenvalue weighted by Crippen LogP contribution is 2.26. The summed E-state index contributed by atoms with van der Waals surface area (Å²) >= 11 is 1.71. The highest BCUT2D eigenvalue weighted by molar-refractivity contribution is 7.09. The standard InChI is InChI=1S/C16H23N3S/c1-11-6-5-7-14(12(11)2)15(8-17)19(4)9-16-13(3)18-10-20-16/h5-7,10,15H,8-9,17H2,1-4H3. The van der Waals surface area contributed by atoms with Crippen LogP contribution in [0.5, 0.6) is 0 Å². The van der Waals surface area contributed by atoms with E-state index in [0.717, 1.165) is 12.2 Å². The van der Waals surface area contributed by atoms with Gasteiger partial charge in [-0.05, 0) is 44.5 Å². The molecule has 0 bridgehead atoms. The number of hydrogen-bond donors (Lipinski definition) is 1. The predicted octanol–water partition coefficient (Wildman–Crippen LogP) is 3.20. The SMILES string of the molecule is Cc1cccc(C(CN)N(C)Cc2scnc2C)c1C. The number of aromatic nitrogens is 1. The second kappa shape index (κ2) is 6.48. The van der Waals surface area contributed by atoms with Gasteiger partial charge in [-0.3, -0.25) is 4.90 Å². The van der Waals surface area contributed by atoms with Gasteiger partial charge in [0.05, 0.1) is 11.2 Å². The van der Waals surface area contributed by atoms with Crippen molar-refractivity contribution >= 4 is 11.3 Å². The van der Waals surface area contributed by atoms with Crippen molar-refractivity contribution in [1.82, 2.24) is 9.88 Å². The van der Waals surface area contributed by atoms with Crippen LogP contribution in [0.1, 0.15) is 33.3 Å². The van der Waals surface area contributed by atoms with Crippen molar-refractivity contribution in [3.63, 3.8) is 0 Å². The number of thiazole rings is 1. The van der Waals surface area contributed by atoms with E-state index in [-0.39, 0.29) is 6.04 Å². The Morgan fingerprint density at radius 1 is 1.30 bits per heavy atom. The predicted molar refractivity (Wildman–Crippen MR) is 86.0 cm³/mol. The molecule has 2 N–H and O–H groups in total. The molecule has 20 heavy (non-hydrogen) atoms. The number of likely N-dealkylation sites (N-methyl/N-ethyl adjacent to an activating group) is 1. The zero-order valence-electron chi connectivity index (χ0n) is 12.7. The highest BCUT2D eigenvalue weighted by Gasteiger charge is 2.19. The lowest BCUT2D eigenvalue weighted by Gasteiger charge is -2.28. The van der Waals surface area contributed by atoms with Crippen LogP contribution in [0.15, 0.2) is 23.7 Å². The van der Waals surface area contributed by atoms with E-state index in [4.69, 9.17) is 5.73 Å². The second-order valence-corrected chi connectivity index (χ2v) is 6.26. The summed E-state index contributed by atoms with van der Waals surface area (Å²) in [4.78, 5) is 7.96.